The first kappa shape index (κ1) is 12.9. The molecule has 6 heteroatoms. The Kier molecular flexibility index (Phi) is 3.27. The van der Waals surface area contributed by atoms with Crippen molar-refractivity contribution in [3.8, 4) is 11.5 Å². The molecule has 112 valence electrons. The van der Waals surface area contributed by atoms with E-state index in [1.807, 2.05) is 18.3 Å². The Balaban J connectivity index is 1.78. The fourth-order valence-corrected chi connectivity index (χ4v) is 2.76. The molecule has 0 saturated heterocycles. The van der Waals surface area contributed by atoms with Crippen LogP contribution in [0.3, 0.4) is 0 Å². The lowest BCUT2D eigenvalue weighted by Gasteiger charge is -2.24. The van der Waals surface area contributed by atoms with Gasteiger partial charge in [0.25, 0.3) is 0 Å². The number of fused-ring (bicyclic) bond motifs is 1. The smallest absolute Gasteiger partial charge is 0.180 e. The van der Waals surface area contributed by atoms with E-state index in [4.69, 9.17) is 13.9 Å². The summed E-state index contributed by atoms with van der Waals surface area (Å²) in [5.74, 6) is 1.63. The van der Waals surface area contributed by atoms with Gasteiger partial charge in [0.05, 0.1) is 12.0 Å². The molecule has 3 aromatic rings. The number of ether oxygens (including phenoxy) is 2. The highest BCUT2D eigenvalue weighted by Crippen LogP contribution is 2.40. The molecular weight excluding hydrogens is 282 g/mol. The van der Waals surface area contributed by atoms with E-state index in [9.17, 15) is 0 Å². The quantitative estimate of drug-likeness (QED) is 0.801. The first-order valence-electron chi connectivity index (χ1n) is 7.15. The van der Waals surface area contributed by atoms with Crippen LogP contribution < -0.4 is 9.47 Å². The summed E-state index contributed by atoms with van der Waals surface area (Å²) >= 11 is 0. The van der Waals surface area contributed by atoms with Crippen LogP contribution in [0.1, 0.15) is 22.9 Å². The van der Waals surface area contributed by atoms with Crippen molar-refractivity contribution in [2.24, 2.45) is 0 Å². The predicted octanol–water partition coefficient (Wildman–Crippen LogP) is 2.54. The molecule has 1 aromatic carbocycles. The van der Waals surface area contributed by atoms with E-state index < -0.39 is 0 Å². The third-order valence-corrected chi connectivity index (χ3v) is 3.76. The summed E-state index contributed by atoms with van der Waals surface area (Å²) in [6.45, 7) is 1.14. The number of nitrogens with zero attached hydrogens (tertiary/aromatic N) is 2. The van der Waals surface area contributed by atoms with E-state index in [-0.39, 0.29) is 5.92 Å². The van der Waals surface area contributed by atoms with E-state index in [0.29, 0.717) is 19.6 Å². The van der Waals surface area contributed by atoms with E-state index in [1.165, 1.54) is 6.39 Å². The minimum Gasteiger partial charge on any atom is -0.486 e. The second kappa shape index (κ2) is 5.55. The summed E-state index contributed by atoms with van der Waals surface area (Å²) in [5.41, 5.74) is 2.95. The Hall–Kier alpha value is -2.76. The van der Waals surface area contributed by atoms with E-state index in [1.54, 1.807) is 12.6 Å². The van der Waals surface area contributed by atoms with Gasteiger partial charge in [0, 0.05) is 29.8 Å². The van der Waals surface area contributed by atoms with Crippen molar-refractivity contribution in [1.29, 1.82) is 0 Å². The van der Waals surface area contributed by atoms with Gasteiger partial charge in [0.2, 0.25) is 0 Å². The van der Waals surface area contributed by atoms with Gasteiger partial charge >= 0.3 is 0 Å². The number of nitrogens with one attached hydrogen (secondary N) is 1. The molecule has 0 aliphatic carbocycles. The summed E-state index contributed by atoms with van der Waals surface area (Å²) in [7, 11) is 0. The van der Waals surface area contributed by atoms with Gasteiger partial charge in [-0.15, -0.1) is 0 Å². The minimum absolute atomic E-state index is 0.0456. The molecule has 22 heavy (non-hydrogen) atoms. The topological polar surface area (TPSA) is 73.2 Å². The minimum atomic E-state index is 0.0456. The summed E-state index contributed by atoms with van der Waals surface area (Å²) in [6, 6.07) is 5.96. The average Bonchev–Trinajstić information content (AvgIpc) is 3.26. The SMILES string of the molecule is c1cc2c(c([C@@H](Cc3cocn3)c3cnc[nH]3)c1)OCCO2. The highest BCUT2D eigenvalue weighted by Gasteiger charge is 2.25. The maximum atomic E-state index is 5.85. The maximum absolute atomic E-state index is 5.85. The Morgan fingerprint density at radius 2 is 2.18 bits per heavy atom. The molecule has 4 rings (SSSR count). The number of hydrogen-bond acceptors (Lipinski definition) is 5. The third-order valence-electron chi connectivity index (χ3n) is 3.76. The van der Waals surface area contributed by atoms with Crippen molar-refractivity contribution in [3.05, 3.63) is 60.3 Å². The molecule has 0 bridgehead atoms. The molecule has 0 fully saturated rings. The Morgan fingerprint density at radius 1 is 1.23 bits per heavy atom. The zero-order valence-corrected chi connectivity index (χ0v) is 11.9. The Labute approximate surface area is 127 Å². The summed E-state index contributed by atoms with van der Waals surface area (Å²) < 4.78 is 16.6. The number of rotatable bonds is 4. The average molecular weight is 297 g/mol. The Bertz CT molecular complexity index is 738. The second-order valence-electron chi connectivity index (χ2n) is 5.11. The third kappa shape index (κ3) is 2.32. The number of para-hydroxylation sites is 1. The van der Waals surface area contributed by atoms with E-state index >= 15 is 0 Å². The molecule has 0 unspecified atom stereocenters. The predicted molar refractivity (Wildman–Crippen MR) is 78.1 cm³/mol. The van der Waals surface area contributed by atoms with Crippen LogP contribution in [0, 0.1) is 0 Å². The lowest BCUT2D eigenvalue weighted by molar-refractivity contribution is 0.169. The van der Waals surface area contributed by atoms with Crippen molar-refractivity contribution in [2.45, 2.75) is 12.3 Å². The largest absolute Gasteiger partial charge is 0.486 e. The number of hydrogen-bond donors (Lipinski definition) is 1. The standard InChI is InChI=1S/C16H15N3O3/c1-2-12(16-15(3-1)21-4-5-22-16)13(14-7-17-9-18-14)6-11-8-20-10-19-11/h1-3,7-10,13H,4-6H2,(H,17,18)/t13-/m1/s1. The molecule has 0 amide bonds. The van der Waals surface area contributed by atoms with Crippen LogP contribution in [-0.2, 0) is 6.42 Å². The molecule has 0 radical (unpaired) electrons. The monoisotopic (exact) mass is 297 g/mol. The molecule has 1 aliphatic heterocycles. The second-order valence-corrected chi connectivity index (χ2v) is 5.11. The van der Waals surface area contributed by atoms with Crippen LogP contribution in [0.15, 0.2) is 47.8 Å². The van der Waals surface area contributed by atoms with Crippen LogP contribution in [0.5, 0.6) is 11.5 Å². The molecule has 1 N–H and O–H groups in total. The summed E-state index contributed by atoms with van der Waals surface area (Å²) in [4.78, 5) is 11.6. The van der Waals surface area contributed by atoms with Crippen LogP contribution in [0.4, 0.5) is 0 Å². The van der Waals surface area contributed by atoms with Crippen molar-refractivity contribution < 1.29 is 13.9 Å². The maximum Gasteiger partial charge on any atom is 0.180 e. The van der Waals surface area contributed by atoms with Crippen molar-refractivity contribution >= 4 is 0 Å². The van der Waals surface area contributed by atoms with E-state index in [2.05, 4.69) is 21.0 Å². The van der Waals surface area contributed by atoms with Crippen LogP contribution in [0.25, 0.3) is 0 Å². The zero-order valence-electron chi connectivity index (χ0n) is 11.9. The lowest BCUT2D eigenvalue weighted by Crippen LogP contribution is -2.18. The fraction of sp³-hybridized carbons (Fsp3) is 0.250. The molecule has 6 nitrogen and oxygen atoms in total. The van der Waals surface area contributed by atoms with Gasteiger partial charge in [-0.3, -0.25) is 0 Å². The summed E-state index contributed by atoms with van der Waals surface area (Å²) in [6.07, 6.45) is 7.31. The first-order chi connectivity index (χ1) is 10.9. The number of aromatic amines is 1. The van der Waals surface area contributed by atoms with Crippen molar-refractivity contribution in [3.63, 3.8) is 0 Å². The number of H-pyrrole nitrogens is 1. The highest BCUT2D eigenvalue weighted by molar-refractivity contribution is 5.51. The zero-order chi connectivity index (χ0) is 14.8. The van der Waals surface area contributed by atoms with Gasteiger partial charge in [-0.2, -0.15) is 0 Å². The molecule has 1 aliphatic rings. The Morgan fingerprint density at radius 3 is 3.00 bits per heavy atom. The van der Waals surface area contributed by atoms with Gasteiger partial charge < -0.3 is 18.9 Å². The highest BCUT2D eigenvalue weighted by atomic mass is 16.6. The number of benzene rings is 1. The lowest BCUT2D eigenvalue weighted by atomic mass is 9.90. The summed E-state index contributed by atoms with van der Waals surface area (Å²) in [5, 5.41) is 0. The van der Waals surface area contributed by atoms with Gasteiger partial charge in [-0.05, 0) is 6.07 Å². The molecule has 0 saturated carbocycles. The molecule has 0 spiro atoms. The van der Waals surface area contributed by atoms with Crippen LogP contribution in [-0.4, -0.2) is 28.2 Å². The van der Waals surface area contributed by atoms with Gasteiger partial charge in [-0.25, -0.2) is 9.97 Å². The van der Waals surface area contributed by atoms with Crippen molar-refractivity contribution in [1.82, 2.24) is 15.0 Å². The molecule has 2 aromatic heterocycles. The number of imidazole rings is 1. The van der Waals surface area contributed by atoms with Crippen molar-refractivity contribution in [2.75, 3.05) is 13.2 Å². The normalized spacial score (nSPS) is 14.7. The first-order valence-corrected chi connectivity index (χ1v) is 7.15. The van der Waals surface area contributed by atoms with Crippen LogP contribution in [0.2, 0.25) is 0 Å². The number of oxazole rings is 1. The van der Waals surface area contributed by atoms with Crippen LogP contribution >= 0.6 is 0 Å². The van der Waals surface area contributed by atoms with E-state index in [0.717, 1.165) is 28.5 Å². The fourth-order valence-electron chi connectivity index (χ4n) is 2.76. The number of aromatic nitrogens is 3. The van der Waals surface area contributed by atoms with Gasteiger partial charge in [-0.1, -0.05) is 12.1 Å². The molecule has 3 heterocycles. The molecular formula is C16H15N3O3. The van der Waals surface area contributed by atoms with Gasteiger partial charge in [0.15, 0.2) is 17.9 Å². The molecule has 1 atom stereocenters. The van der Waals surface area contributed by atoms with Gasteiger partial charge in [0.1, 0.15) is 19.5 Å².